The second-order valence-corrected chi connectivity index (χ2v) is 6.46. The first-order chi connectivity index (χ1) is 9.17. The maximum absolute atomic E-state index is 5.98. The molecule has 0 unspecified atom stereocenters. The quantitative estimate of drug-likeness (QED) is 0.800. The number of benzene rings is 1. The molecule has 2 rings (SSSR count). The van der Waals surface area contributed by atoms with Crippen LogP contribution in [0.4, 0.5) is 5.69 Å². The number of thiophene rings is 1. The van der Waals surface area contributed by atoms with E-state index in [1.807, 2.05) is 18.2 Å². The summed E-state index contributed by atoms with van der Waals surface area (Å²) in [6, 6.07) is 12.2. The third-order valence-electron chi connectivity index (χ3n) is 2.93. The predicted molar refractivity (Wildman–Crippen MR) is 84.6 cm³/mol. The van der Waals surface area contributed by atoms with Crippen molar-refractivity contribution in [1.29, 1.82) is 0 Å². The number of hydrogen-bond acceptors (Lipinski definition) is 3. The highest BCUT2D eigenvalue weighted by molar-refractivity contribution is 7.16. The number of anilines is 1. The van der Waals surface area contributed by atoms with Crippen LogP contribution >= 0.6 is 22.9 Å². The van der Waals surface area contributed by atoms with Crippen molar-refractivity contribution >= 4 is 28.6 Å². The molecule has 0 aliphatic rings. The van der Waals surface area contributed by atoms with Crippen molar-refractivity contribution in [2.75, 3.05) is 12.3 Å². The topological polar surface area (TPSA) is 29.3 Å². The van der Waals surface area contributed by atoms with E-state index < -0.39 is 0 Å². The molecule has 1 heterocycles. The lowest BCUT2D eigenvalue weighted by Crippen LogP contribution is -2.23. The van der Waals surface area contributed by atoms with E-state index in [1.54, 1.807) is 11.3 Å². The second kappa shape index (κ2) is 6.94. The molecule has 0 bridgehead atoms. The molecule has 1 aromatic heterocycles. The second-order valence-electron chi connectivity index (χ2n) is 4.66. The summed E-state index contributed by atoms with van der Waals surface area (Å²) in [4.78, 5) is 3.75. The third kappa shape index (κ3) is 4.53. The van der Waals surface area contributed by atoms with E-state index in [0.717, 1.165) is 36.1 Å². The molecule has 19 heavy (non-hydrogen) atoms. The molecule has 102 valence electrons. The summed E-state index contributed by atoms with van der Waals surface area (Å²) in [7, 11) is 0. The number of halogens is 1. The third-order valence-corrected chi connectivity index (χ3v) is 4.15. The van der Waals surface area contributed by atoms with E-state index in [0.29, 0.717) is 0 Å². The van der Waals surface area contributed by atoms with Crippen LogP contribution in [0.15, 0.2) is 36.4 Å². The molecule has 0 amide bonds. The Kier molecular flexibility index (Phi) is 5.25. The van der Waals surface area contributed by atoms with E-state index in [9.17, 15) is 0 Å². The summed E-state index contributed by atoms with van der Waals surface area (Å²) < 4.78 is 0.860. The molecule has 0 atom stereocenters. The van der Waals surface area contributed by atoms with Gasteiger partial charge in [-0.05, 0) is 42.8 Å². The fourth-order valence-corrected chi connectivity index (χ4v) is 3.20. The molecule has 2 nitrogen and oxygen atoms in total. The average molecular weight is 295 g/mol. The molecule has 0 radical (unpaired) electrons. The Morgan fingerprint density at radius 3 is 2.42 bits per heavy atom. The molecule has 0 spiro atoms. The van der Waals surface area contributed by atoms with Crippen LogP contribution in [0.5, 0.6) is 0 Å². The van der Waals surface area contributed by atoms with Gasteiger partial charge < -0.3 is 5.73 Å². The van der Waals surface area contributed by atoms with Gasteiger partial charge in [0.05, 0.1) is 4.34 Å². The zero-order chi connectivity index (χ0) is 13.7. The lowest BCUT2D eigenvalue weighted by molar-refractivity contribution is 0.259. The molecule has 1 aromatic carbocycles. The summed E-state index contributed by atoms with van der Waals surface area (Å²) in [6.45, 7) is 5.19. The van der Waals surface area contributed by atoms with E-state index >= 15 is 0 Å². The molecule has 0 saturated carbocycles. The summed E-state index contributed by atoms with van der Waals surface area (Å²) in [6.07, 6.45) is 1.15. The number of nitrogens with two attached hydrogens (primary N) is 1. The first-order valence-corrected chi connectivity index (χ1v) is 7.68. The maximum atomic E-state index is 5.98. The fourth-order valence-electron chi connectivity index (χ4n) is 2.07. The van der Waals surface area contributed by atoms with Gasteiger partial charge in [0, 0.05) is 23.7 Å². The zero-order valence-corrected chi connectivity index (χ0v) is 12.7. The maximum Gasteiger partial charge on any atom is 0.0931 e. The summed E-state index contributed by atoms with van der Waals surface area (Å²) in [5, 5.41) is 0. The standard InChI is InChI=1S/C15H19ClN2S/c1-2-9-18(11-14-7-8-15(16)19-14)10-12-3-5-13(17)6-4-12/h3-8H,2,9-11,17H2,1H3. The Hall–Kier alpha value is -1.03. The fraction of sp³-hybridized carbons (Fsp3) is 0.333. The van der Waals surface area contributed by atoms with Crippen LogP contribution in [0.25, 0.3) is 0 Å². The van der Waals surface area contributed by atoms with Crippen LogP contribution in [0, 0.1) is 0 Å². The van der Waals surface area contributed by atoms with Gasteiger partial charge in [-0.15, -0.1) is 11.3 Å². The van der Waals surface area contributed by atoms with Crippen LogP contribution in [0.1, 0.15) is 23.8 Å². The first-order valence-electron chi connectivity index (χ1n) is 6.48. The molecular weight excluding hydrogens is 276 g/mol. The van der Waals surface area contributed by atoms with Crippen molar-refractivity contribution in [3.63, 3.8) is 0 Å². The van der Waals surface area contributed by atoms with Crippen LogP contribution in [-0.4, -0.2) is 11.4 Å². The molecule has 0 saturated heterocycles. The first kappa shape index (κ1) is 14.4. The van der Waals surface area contributed by atoms with E-state index in [1.165, 1.54) is 10.4 Å². The smallest absolute Gasteiger partial charge is 0.0931 e. The zero-order valence-electron chi connectivity index (χ0n) is 11.1. The Morgan fingerprint density at radius 1 is 1.11 bits per heavy atom. The Balaban J connectivity index is 2.01. The van der Waals surface area contributed by atoms with Gasteiger partial charge in [-0.25, -0.2) is 0 Å². The van der Waals surface area contributed by atoms with Crippen molar-refractivity contribution in [3.05, 3.63) is 51.2 Å². The minimum atomic E-state index is 0.816. The Labute approximate surface area is 123 Å². The van der Waals surface area contributed by atoms with Crippen molar-refractivity contribution in [2.45, 2.75) is 26.4 Å². The van der Waals surface area contributed by atoms with Crippen LogP contribution < -0.4 is 5.73 Å². The van der Waals surface area contributed by atoms with Crippen molar-refractivity contribution in [3.8, 4) is 0 Å². The van der Waals surface area contributed by atoms with Gasteiger partial charge in [-0.2, -0.15) is 0 Å². The van der Waals surface area contributed by atoms with Crippen molar-refractivity contribution < 1.29 is 0 Å². The van der Waals surface area contributed by atoms with Crippen LogP contribution in [0.2, 0.25) is 4.34 Å². The van der Waals surface area contributed by atoms with E-state index in [-0.39, 0.29) is 0 Å². The molecule has 0 fully saturated rings. The van der Waals surface area contributed by atoms with Crippen molar-refractivity contribution in [1.82, 2.24) is 4.90 Å². The molecule has 4 heteroatoms. The highest BCUT2D eigenvalue weighted by Crippen LogP contribution is 2.23. The highest BCUT2D eigenvalue weighted by atomic mass is 35.5. The highest BCUT2D eigenvalue weighted by Gasteiger charge is 2.08. The summed E-state index contributed by atoms with van der Waals surface area (Å²) in [5.74, 6) is 0. The van der Waals surface area contributed by atoms with Gasteiger partial charge in [0.2, 0.25) is 0 Å². The number of nitrogens with zero attached hydrogens (tertiary/aromatic N) is 1. The van der Waals surface area contributed by atoms with Gasteiger partial charge in [0.1, 0.15) is 0 Å². The van der Waals surface area contributed by atoms with E-state index in [2.05, 4.69) is 30.0 Å². The number of rotatable bonds is 6. The van der Waals surface area contributed by atoms with Crippen LogP contribution in [0.3, 0.4) is 0 Å². The minimum Gasteiger partial charge on any atom is -0.399 e. The van der Waals surface area contributed by atoms with Crippen molar-refractivity contribution in [2.24, 2.45) is 0 Å². The molecular formula is C15H19ClN2S. The van der Waals surface area contributed by atoms with Gasteiger partial charge in [0.25, 0.3) is 0 Å². The van der Waals surface area contributed by atoms with E-state index in [4.69, 9.17) is 17.3 Å². The molecule has 0 aliphatic heterocycles. The SMILES string of the molecule is CCCN(Cc1ccc(N)cc1)Cc1ccc(Cl)s1. The predicted octanol–water partition coefficient (Wildman–Crippen LogP) is 4.40. The lowest BCUT2D eigenvalue weighted by Gasteiger charge is -2.21. The number of nitrogen functional groups attached to an aromatic ring is 1. The van der Waals surface area contributed by atoms with Gasteiger partial charge in [-0.1, -0.05) is 30.7 Å². The summed E-state index contributed by atoms with van der Waals surface area (Å²) in [5.41, 5.74) is 7.83. The van der Waals surface area contributed by atoms with Gasteiger partial charge in [0.15, 0.2) is 0 Å². The largest absolute Gasteiger partial charge is 0.399 e. The Bertz CT molecular complexity index is 507. The summed E-state index contributed by atoms with van der Waals surface area (Å²) >= 11 is 7.64. The van der Waals surface area contributed by atoms with Crippen LogP contribution in [-0.2, 0) is 13.1 Å². The average Bonchev–Trinajstić information content (AvgIpc) is 2.78. The molecule has 2 N–H and O–H groups in total. The Morgan fingerprint density at radius 2 is 1.84 bits per heavy atom. The van der Waals surface area contributed by atoms with Gasteiger partial charge >= 0.3 is 0 Å². The van der Waals surface area contributed by atoms with Gasteiger partial charge in [-0.3, -0.25) is 4.90 Å². The molecule has 2 aromatic rings. The minimum absolute atomic E-state index is 0.816. The lowest BCUT2D eigenvalue weighted by atomic mass is 10.2. The number of hydrogen-bond donors (Lipinski definition) is 1. The molecule has 0 aliphatic carbocycles. The monoisotopic (exact) mass is 294 g/mol. The normalized spacial score (nSPS) is 11.1.